The highest BCUT2D eigenvalue weighted by Crippen LogP contribution is 2.39. The number of likely N-dealkylation sites (N-methyl/N-ethyl adjacent to an activating group) is 1. The molecule has 2 saturated heterocycles. The Kier molecular flexibility index (Phi) is 8.34. The van der Waals surface area contributed by atoms with Crippen LogP contribution in [0.2, 0.25) is 5.02 Å². The van der Waals surface area contributed by atoms with Crippen LogP contribution in [0.4, 0.5) is 14.5 Å². The number of rotatable bonds is 8. The number of hydrogen-bond acceptors (Lipinski definition) is 7. The first kappa shape index (κ1) is 29.7. The fourth-order valence-corrected chi connectivity index (χ4v) is 6.58. The van der Waals surface area contributed by atoms with Crippen LogP contribution < -0.4 is 10.1 Å². The molecule has 2 fully saturated rings. The van der Waals surface area contributed by atoms with Gasteiger partial charge in [0.2, 0.25) is 5.88 Å². The summed E-state index contributed by atoms with van der Waals surface area (Å²) in [6.07, 6.45) is 4.78. The van der Waals surface area contributed by atoms with Crippen LogP contribution in [0, 0.1) is 17.1 Å². The van der Waals surface area contributed by atoms with Gasteiger partial charge in [-0.25, -0.2) is 13.8 Å². The molecule has 11 heteroatoms. The quantitative estimate of drug-likeness (QED) is 0.227. The van der Waals surface area contributed by atoms with Crippen molar-refractivity contribution in [2.45, 2.75) is 37.8 Å². The topological polar surface area (TPSA) is 94.4 Å². The van der Waals surface area contributed by atoms with Crippen LogP contribution in [-0.2, 0) is 4.79 Å². The number of likely N-dealkylation sites (tertiary alicyclic amines) is 2. The number of anilines is 1. The molecule has 8 nitrogen and oxygen atoms in total. The molecule has 0 unspecified atom stereocenters. The number of nitrogens with one attached hydrogen (secondary N) is 1. The molecule has 4 aromatic rings. The van der Waals surface area contributed by atoms with Crippen molar-refractivity contribution in [2.75, 3.05) is 38.6 Å². The molecule has 2 atom stereocenters. The number of carbonyl (C=O) groups excluding carboxylic acids is 1. The molecule has 2 aromatic heterocycles. The van der Waals surface area contributed by atoms with E-state index in [4.69, 9.17) is 16.3 Å². The van der Waals surface area contributed by atoms with E-state index in [0.717, 1.165) is 24.8 Å². The van der Waals surface area contributed by atoms with Crippen LogP contribution in [0.1, 0.15) is 31.2 Å². The summed E-state index contributed by atoms with van der Waals surface area (Å²) in [4.78, 5) is 25.1. The minimum absolute atomic E-state index is 0.00583. The van der Waals surface area contributed by atoms with E-state index in [1.165, 1.54) is 11.1 Å². The average molecular weight is 617 g/mol. The van der Waals surface area contributed by atoms with Gasteiger partial charge in [0.15, 0.2) is 11.6 Å². The standard InChI is InChI=1S/C33H31ClF2N6O2/c1-19(35)33(43)42-14-6-9-21(42)16-38-29-24(15-37)32(44-18-22-10-5-13-41(22)2)40-31-25(29)17-39-30(28(31)36)23-11-3-7-20-8-4-12-26(34)27(20)23/h3-4,7-8,11-12,17,21-22H,1,5-6,9-10,13-14,16,18H2,2H3,(H,38,40)/t21-,22-/m0/s1. The van der Waals surface area contributed by atoms with Gasteiger partial charge in [0.25, 0.3) is 5.91 Å². The van der Waals surface area contributed by atoms with Gasteiger partial charge in [0, 0.05) is 52.7 Å². The number of amides is 1. The smallest absolute Gasteiger partial charge is 0.282 e. The van der Waals surface area contributed by atoms with Crippen LogP contribution in [-0.4, -0.2) is 71.0 Å². The van der Waals surface area contributed by atoms with Crippen molar-refractivity contribution in [2.24, 2.45) is 0 Å². The summed E-state index contributed by atoms with van der Waals surface area (Å²) in [6, 6.07) is 12.9. The van der Waals surface area contributed by atoms with E-state index in [-0.39, 0.29) is 53.3 Å². The lowest BCUT2D eigenvalue weighted by Crippen LogP contribution is -2.39. The average Bonchev–Trinajstić information content (AvgIpc) is 3.66. The Morgan fingerprint density at radius 3 is 2.68 bits per heavy atom. The molecule has 0 bridgehead atoms. The molecule has 6 rings (SSSR count). The second-order valence-corrected chi connectivity index (χ2v) is 11.7. The number of carbonyl (C=O) groups is 1. The number of hydrogen-bond donors (Lipinski definition) is 1. The molecule has 4 heterocycles. The van der Waals surface area contributed by atoms with Gasteiger partial charge in [-0.3, -0.25) is 9.78 Å². The predicted molar refractivity (Wildman–Crippen MR) is 167 cm³/mol. The summed E-state index contributed by atoms with van der Waals surface area (Å²) >= 11 is 6.55. The first-order valence-electron chi connectivity index (χ1n) is 14.6. The van der Waals surface area contributed by atoms with Gasteiger partial charge < -0.3 is 19.9 Å². The first-order chi connectivity index (χ1) is 21.3. The van der Waals surface area contributed by atoms with Gasteiger partial charge >= 0.3 is 0 Å². The van der Waals surface area contributed by atoms with Crippen LogP contribution in [0.3, 0.4) is 0 Å². The van der Waals surface area contributed by atoms with Gasteiger partial charge in [-0.15, -0.1) is 0 Å². The van der Waals surface area contributed by atoms with Crippen LogP contribution in [0.5, 0.6) is 5.88 Å². The maximum absolute atomic E-state index is 16.6. The monoisotopic (exact) mass is 616 g/mol. The molecule has 1 N–H and O–H groups in total. The summed E-state index contributed by atoms with van der Waals surface area (Å²) in [5.41, 5.74) is 0.946. The van der Waals surface area contributed by atoms with Crippen molar-refractivity contribution >= 4 is 44.9 Å². The number of halogens is 3. The van der Waals surface area contributed by atoms with Gasteiger partial charge in [0.1, 0.15) is 29.5 Å². The first-order valence-corrected chi connectivity index (χ1v) is 15.0. The Morgan fingerprint density at radius 1 is 1.20 bits per heavy atom. The molecular weight excluding hydrogens is 586 g/mol. The van der Waals surface area contributed by atoms with Gasteiger partial charge in [-0.05, 0) is 50.7 Å². The highest BCUT2D eigenvalue weighted by atomic mass is 35.5. The van der Waals surface area contributed by atoms with Gasteiger partial charge in [0.05, 0.1) is 5.69 Å². The number of pyridine rings is 2. The van der Waals surface area contributed by atoms with E-state index in [9.17, 15) is 14.4 Å². The molecule has 1 amide bonds. The number of nitriles is 1. The van der Waals surface area contributed by atoms with E-state index >= 15 is 4.39 Å². The summed E-state index contributed by atoms with van der Waals surface area (Å²) in [5, 5.41) is 15.8. The maximum atomic E-state index is 16.6. The van der Waals surface area contributed by atoms with Crippen molar-refractivity contribution in [1.82, 2.24) is 19.8 Å². The third-order valence-electron chi connectivity index (χ3n) is 8.63. The summed E-state index contributed by atoms with van der Waals surface area (Å²) in [5.74, 6) is -2.46. The van der Waals surface area contributed by atoms with Crippen molar-refractivity contribution in [3.05, 3.63) is 71.4 Å². The minimum atomic E-state index is -1.02. The predicted octanol–water partition coefficient (Wildman–Crippen LogP) is 6.47. The lowest BCUT2D eigenvalue weighted by Gasteiger charge is -2.25. The zero-order chi connectivity index (χ0) is 31.0. The molecule has 2 aliphatic heterocycles. The van der Waals surface area contributed by atoms with Crippen LogP contribution in [0.15, 0.2) is 55.0 Å². The third kappa shape index (κ3) is 5.42. The normalized spacial score (nSPS) is 18.6. The zero-order valence-corrected chi connectivity index (χ0v) is 25.0. The van der Waals surface area contributed by atoms with E-state index in [1.807, 2.05) is 31.3 Å². The summed E-state index contributed by atoms with van der Waals surface area (Å²) in [6.45, 7) is 4.96. The minimum Gasteiger partial charge on any atom is -0.475 e. The van der Waals surface area contributed by atoms with Crippen LogP contribution >= 0.6 is 11.6 Å². The van der Waals surface area contributed by atoms with Crippen molar-refractivity contribution in [1.29, 1.82) is 5.26 Å². The maximum Gasteiger partial charge on any atom is 0.282 e. The van der Waals surface area contributed by atoms with E-state index in [2.05, 4.69) is 32.8 Å². The number of ether oxygens (including phenoxy) is 1. The molecule has 44 heavy (non-hydrogen) atoms. The largest absolute Gasteiger partial charge is 0.475 e. The highest BCUT2D eigenvalue weighted by Gasteiger charge is 2.31. The lowest BCUT2D eigenvalue weighted by molar-refractivity contribution is -0.129. The van der Waals surface area contributed by atoms with Gasteiger partial charge in [-0.1, -0.05) is 48.5 Å². The molecule has 2 aliphatic rings. The zero-order valence-electron chi connectivity index (χ0n) is 24.2. The molecular formula is C33H31ClF2N6O2. The van der Waals surface area contributed by atoms with Crippen molar-refractivity contribution in [3.8, 4) is 23.2 Å². The second-order valence-electron chi connectivity index (χ2n) is 11.3. The Hall–Kier alpha value is -4.33. The molecule has 226 valence electrons. The van der Waals surface area contributed by atoms with Crippen molar-refractivity contribution < 1.29 is 18.3 Å². The molecule has 2 aromatic carbocycles. The third-order valence-corrected chi connectivity index (χ3v) is 8.94. The van der Waals surface area contributed by atoms with E-state index in [0.29, 0.717) is 41.0 Å². The van der Waals surface area contributed by atoms with Crippen LogP contribution in [0.25, 0.3) is 32.9 Å². The molecule has 0 spiro atoms. The van der Waals surface area contributed by atoms with E-state index < -0.39 is 17.6 Å². The Morgan fingerprint density at radius 2 is 1.95 bits per heavy atom. The fraction of sp³-hybridized carbons (Fsp3) is 0.333. The Bertz CT molecular complexity index is 1820. The molecule has 0 saturated carbocycles. The molecule has 0 aliphatic carbocycles. The Labute approximate surface area is 258 Å². The molecule has 0 radical (unpaired) electrons. The Balaban J connectivity index is 1.46. The number of nitrogens with zero attached hydrogens (tertiary/aromatic N) is 5. The summed E-state index contributed by atoms with van der Waals surface area (Å²) < 4.78 is 36.4. The number of aromatic nitrogens is 2. The number of benzene rings is 2. The fourth-order valence-electron chi connectivity index (χ4n) is 6.30. The summed E-state index contributed by atoms with van der Waals surface area (Å²) in [7, 11) is 2.01. The van der Waals surface area contributed by atoms with Gasteiger partial charge in [-0.2, -0.15) is 5.26 Å². The second kappa shape index (κ2) is 12.3. The SMILES string of the molecule is C=C(F)C(=O)N1CCC[C@H]1CNc1c(C#N)c(OC[C@@H]2CCCN2C)nc2c(F)c(-c3cccc4cccc(Cl)c34)ncc12. The highest BCUT2D eigenvalue weighted by molar-refractivity contribution is 6.36. The lowest BCUT2D eigenvalue weighted by atomic mass is 10.00. The van der Waals surface area contributed by atoms with E-state index in [1.54, 1.807) is 12.1 Å². The number of fused-ring (bicyclic) bond motifs is 2. The van der Waals surface area contributed by atoms with Crippen molar-refractivity contribution in [3.63, 3.8) is 0 Å².